The monoisotopic (exact) mass is 208 g/mol. The molecule has 1 aromatic carbocycles. The third-order valence-electron chi connectivity index (χ3n) is 1.78. The van der Waals surface area contributed by atoms with Crippen LogP contribution in [0.25, 0.3) is 0 Å². The minimum Gasteiger partial charge on any atom is -0.475 e. The molecule has 0 saturated heterocycles. The van der Waals surface area contributed by atoms with Crippen molar-refractivity contribution in [2.24, 2.45) is 0 Å². The fourth-order valence-electron chi connectivity index (χ4n) is 1.06. The van der Waals surface area contributed by atoms with E-state index in [-0.39, 0.29) is 12.4 Å². The number of carboxylic acids is 1. The van der Waals surface area contributed by atoms with E-state index in [4.69, 9.17) is 14.9 Å². The zero-order valence-electron chi connectivity index (χ0n) is 8.30. The molecular formula is C11H12O4. The zero-order valence-corrected chi connectivity index (χ0v) is 8.30. The van der Waals surface area contributed by atoms with E-state index in [1.165, 1.54) is 6.08 Å². The van der Waals surface area contributed by atoms with Gasteiger partial charge in [0.05, 0.1) is 6.61 Å². The SMILES string of the molecule is C/C=C(/Oc1cccc(CO)c1)C(=O)O. The summed E-state index contributed by atoms with van der Waals surface area (Å²) in [6, 6.07) is 6.64. The third kappa shape index (κ3) is 3.11. The van der Waals surface area contributed by atoms with Crippen LogP contribution in [0.2, 0.25) is 0 Å². The van der Waals surface area contributed by atoms with Gasteiger partial charge in [0.2, 0.25) is 5.76 Å². The molecule has 0 atom stereocenters. The highest BCUT2D eigenvalue weighted by atomic mass is 16.5. The standard InChI is InChI=1S/C11H12O4/c1-2-10(11(13)14)15-9-5-3-4-8(6-9)7-12/h2-6,12H,7H2,1H3,(H,13,14)/b10-2+. The number of hydrogen-bond acceptors (Lipinski definition) is 3. The Kier molecular flexibility index (Phi) is 3.88. The van der Waals surface area contributed by atoms with Crippen LogP contribution in [-0.2, 0) is 11.4 Å². The maximum atomic E-state index is 10.6. The highest BCUT2D eigenvalue weighted by molar-refractivity contribution is 5.84. The predicted octanol–water partition coefficient (Wildman–Crippen LogP) is 1.55. The lowest BCUT2D eigenvalue weighted by Crippen LogP contribution is -2.07. The second kappa shape index (κ2) is 5.17. The first-order valence-corrected chi connectivity index (χ1v) is 4.44. The fourth-order valence-corrected chi connectivity index (χ4v) is 1.06. The van der Waals surface area contributed by atoms with Crippen LogP contribution in [-0.4, -0.2) is 16.2 Å². The molecule has 4 nitrogen and oxygen atoms in total. The molecule has 0 bridgehead atoms. The van der Waals surface area contributed by atoms with Gasteiger partial charge in [-0.3, -0.25) is 0 Å². The average molecular weight is 208 g/mol. The highest BCUT2D eigenvalue weighted by Gasteiger charge is 2.08. The van der Waals surface area contributed by atoms with Crippen LogP contribution in [0.1, 0.15) is 12.5 Å². The Bertz CT molecular complexity index is 382. The summed E-state index contributed by atoms with van der Waals surface area (Å²) >= 11 is 0. The fraction of sp³-hybridized carbons (Fsp3) is 0.182. The van der Waals surface area contributed by atoms with Crippen LogP contribution < -0.4 is 4.74 Å². The molecule has 0 aromatic heterocycles. The van der Waals surface area contributed by atoms with Gasteiger partial charge in [0, 0.05) is 0 Å². The molecule has 0 unspecified atom stereocenters. The van der Waals surface area contributed by atoms with Crippen LogP contribution in [0.4, 0.5) is 0 Å². The number of aliphatic carboxylic acids is 1. The summed E-state index contributed by atoms with van der Waals surface area (Å²) in [6.07, 6.45) is 1.37. The Hall–Kier alpha value is -1.81. The van der Waals surface area contributed by atoms with Gasteiger partial charge in [-0.15, -0.1) is 0 Å². The van der Waals surface area contributed by atoms with Crippen molar-refractivity contribution in [3.8, 4) is 5.75 Å². The number of carboxylic acid groups (broad SMARTS) is 1. The van der Waals surface area contributed by atoms with E-state index in [0.29, 0.717) is 11.3 Å². The Morgan fingerprint density at radius 1 is 1.53 bits per heavy atom. The maximum Gasteiger partial charge on any atom is 0.371 e. The van der Waals surface area contributed by atoms with E-state index >= 15 is 0 Å². The molecule has 0 amide bonds. The van der Waals surface area contributed by atoms with Gasteiger partial charge in [0.1, 0.15) is 5.75 Å². The molecule has 0 aliphatic carbocycles. The third-order valence-corrected chi connectivity index (χ3v) is 1.78. The van der Waals surface area contributed by atoms with Crippen molar-refractivity contribution in [1.29, 1.82) is 0 Å². The number of ether oxygens (including phenoxy) is 1. The van der Waals surface area contributed by atoms with E-state index in [2.05, 4.69) is 0 Å². The van der Waals surface area contributed by atoms with Gasteiger partial charge in [-0.05, 0) is 30.7 Å². The number of aliphatic hydroxyl groups is 1. The molecule has 0 radical (unpaired) electrons. The minimum atomic E-state index is -1.12. The Labute approximate surface area is 87.4 Å². The van der Waals surface area contributed by atoms with Gasteiger partial charge in [-0.1, -0.05) is 12.1 Å². The second-order valence-electron chi connectivity index (χ2n) is 2.87. The second-order valence-corrected chi connectivity index (χ2v) is 2.87. The largest absolute Gasteiger partial charge is 0.475 e. The molecular weight excluding hydrogens is 196 g/mol. The van der Waals surface area contributed by atoms with Crippen molar-refractivity contribution < 1.29 is 19.7 Å². The number of hydrogen-bond donors (Lipinski definition) is 2. The maximum absolute atomic E-state index is 10.6. The first kappa shape index (κ1) is 11.3. The smallest absolute Gasteiger partial charge is 0.371 e. The number of allylic oxidation sites excluding steroid dienone is 1. The summed E-state index contributed by atoms with van der Waals surface area (Å²) in [5.41, 5.74) is 0.674. The normalized spacial score (nSPS) is 11.2. The summed E-state index contributed by atoms with van der Waals surface area (Å²) in [5, 5.41) is 17.6. The zero-order chi connectivity index (χ0) is 11.3. The van der Waals surface area contributed by atoms with Crippen LogP contribution in [0, 0.1) is 0 Å². The first-order valence-electron chi connectivity index (χ1n) is 4.44. The molecule has 0 aliphatic heterocycles. The molecule has 15 heavy (non-hydrogen) atoms. The molecule has 80 valence electrons. The molecule has 1 rings (SSSR count). The van der Waals surface area contributed by atoms with E-state index in [1.807, 2.05) is 0 Å². The molecule has 0 spiro atoms. The van der Waals surface area contributed by atoms with Crippen molar-refractivity contribution in [3.05, 3.63) is 41.7 Å². The van der Waals surface area contributed by atoms with Crippen molar-refractivity contribution in [2.75, 3.05) is 0 Å². The van der Waals surface area contributed by atoms with Crippen LogP contribution in [0.5, 0.6) is 5.75 Å². The summed E-state index contributed by atoms with van der Waals surface area (Å²) in [7, 11) is 0. The molecule has 2 N–H and O–H groups in total. The first-order chi connectivity index (χ1) is 7.17. The summed E-state index contributed by atoms with van der Waals surface area (Å²) in [6.45, 7) is 1.48. The Balaban J connectivity index is 2.84. The van der Waals surface area contributed by atoms with E-state index in [1.54, 1.807) is 31.2 Å². The van der Waals surface area contributed by atoms with Gasteiger partial charge in [-0.2, -0.15) is 0 Å². The molecule has 0 fully saturated rings. The minimum absolute atomic E-state index is 0.102. The van der Waals surface area contributed by atoms with Crippen molar-refractivity contribution in [3.63, 3.8) is 0 Å². The predicted molar refractivity (Wildman–Crippen MR) is 54.4 cm³/mol. The Morgan fingerprint density at radius 2 is 2.27 bits per heavy atom. The summed E-state index contributed by atoms with van der Waals surface area (Å²) in [5.74, 6) is -0.853. The highest BCUT2D eigenvalue weighted by Crippen LogP contribution is 2.16. The lowest BCUT2D eigenvalue weighted by atomic mass is 10.2. The quantitative estimate of drug-likeness (QED) is 0.582. The van der Waals surface area contributed by atoms with E-state index in [0.717, 1.165) is 0 Å². The molecule has 0 saturated carbocycles. The van der Waals surface area contributed by atoms with Gasteiger partial charge < -0.3 is 14.9 Å². The number of rotatable bonds is 4. The number of benzene rings is 1. The van der Waals surface area contributed by atoms with Crippen molar-refractivity contribution >= 4 is 5.97 Å². The van der Waals surface area contributed by atoms with Crippen LogP contribution in [0.15, 0.2) is 36.1 Å². The van der Waals surface area contributed by atoms with Crippen LogP contribution >= 0.6 is 0 Å². The molecule has 4 heteroatoms. The van der Waals surface area contributed by atoms with Gasteiger partial charge in [0.15, 0.2) is 0 Å². The Morgan fingerprint density at radius 3 is 2.80 bits per heavy atom. The van der Waals surface area contributed by atoms with Crippen molar-refractivity contribution in [2.45, 2.75) is 13.5 Å². The topological polar surface area (TPSA) is 66.8 Å². The average Bonchev–Trinajstić information content (AvgIpc) is 2.25. The lowest BCUT2D eigenvalue weighted by molar-refractivity contribution is -0.135. The summed E-state index contributed by atoms with van der Waals surface area (Å²) in [4.78, 5) is 10.6. The lowest BCUT2D eigenvalue weighted by Gasteiger charge is -2.06. The van der Waals surface area contributed by atoms with Gasteiger partial charge >= 0.3 is 5.97 Å². The number of aliphatic hydroxyl groups excluding tert-OH is 1. The van der Waals surface area contributed by atoms with Gasteiger partial charge in [0.25, 0.3) is 0 Å². The van der Waals surface area contributed by atoms with E-state index in [9.17, 15) is 4.79 Å². The molecule has 1 aromatic rings. The van der Waals surface area contributed by atoms with Gasteiger partial charge in [-0.25, -0.2) is 4.79 Å². The van der Waals surface area contributed by atoms with E-state index < -0.39 is 5.97 Å². The number of carbonyl (C=O) groups is 1. The summed E-state index contributed by atoms with van der Waals surface area (Å²) < 4.78 is 5.12. The molecule has 0 heterocycles. The van der Waals surface area contributed by atoms with Crippen molar-refractivity contribution in [1.82, 2.24) is 0 Å². The van der Waals surface area contributed by atoms with Crippen LogP contribution in [0.3, 0.4) is 0 Å². The molecule has 0 aliphatic rings.